The lowest BCUT2D eigenvalue weighted by atomic mass is 10.1. The molecule has 0 spiro atoms. The van der Waals surface area contributed by atoms with Crippen LogP contribution in [0.1, 0.15) is 28.4 Å². The molecular formula is C29H31N3O2. The minimum atomic E-state index is 0.106. The normalized spacial score (nSPS) is 18.0. The summed E-state index contributed by atoms with van der Waals surface area (Å²) in [6.45, 7) is 6.22. The molecule has 3 aromatic rings. The number of benzene rings is 3. The predicted octanol–water partition coefficient (Wildman–Crippen LogP) is 5.21. The van der Waals surface area contributed by atoms with Crippen molar-refractivity contribution in [3.8, 4) is 5.75 Å². The van der Waals surface area contributed by atoms with Crippen LogP contribution in [0.3, 0.4) is 0 Å². The van der Waals surface area contributed by atoms with Crippen molar-refractivity contribution in [2.45, 2.75) is 19.5 Å². The molecule has 1 saturated heterocycles. The molecule has 0 saturated carbocycles. The first-order chi connectivity index (χ1) is 16.6. The van der Waals surface area contributed by atoms with Gasteiger partial charge in [-0.25, -0.2) is 0 Å². The number of carbonyl (C=O) groups excluding carboxylic acids is 1. The van der Waals surface area contributed by atoms with E-state index < -0.39 is 0 Å². The van der Waals surface area contributed by atoms with Crippen LogP contribution in [0, 0.1) is 0 Å². The van der Waals surface area contributed by atoms with Crippen molar-refractivity contribution in [1.82, 2.24) is 9.80 Å². The fourth-order valence-electron chi connectivity index (χ4n) is 5.00. The van der Waals surface area contributed by atoms with Gasteiger partial charge in [0.05, 0.1) is 7.11 Å². The molecule has 0 N–H and O–H groups in total. The van der Waals surface area contributed by atoms with Crippen LogP contribution in [-0.2, 0) is 6.54 Å². The maximum absolute atomic E-state index is 13.3. The molecule has 5 heteroatoms. The van der Waals surface area contributed by atoms with Gasteiger partial charge < -0.3 is 14.5 Å². The summed E-state index contributed by atoms with van der Waals surface area (Å²) in [5.74, 6) is 1.02. The number of para-hydroxylation sites is 2. The Bertz CT molecular complexity index is 1190. The van der Waals surface area contributed by atoms with E-state index in [4.69, 9.17) is 4.74 Å². The summed E-state index contributed by atoms with van der Waals surface area (Å²) in [6, 6.07) is 24.8. The summed E-state index contributed by atoms with van der Waals surface area (Å²) in [5, 5.41) is 0. The highest BCUT2D eigenvalue weighted by atomic mass is 16.5. The topological polar surface area (TPSA) is 36.0 Å². The van der Waals surface area contributed by atoms with Gasteiger partial charge >= 0.3 is 0 Å². The summed E-state index contributed by atoms with van der Waals surface area (Å²) < 4.78 is 5.51. The molecule has 1 atom stereocenters. The van der Waals surface area contributed by atoms with Crippen LogP contribution in [0.15, 0.2) is 78.9 Å². The molecule has 0 aromatic heterocycles. The van der Waals surface area contributed by atoms with E-state index in [1.807, 2.05) is 35.2 Å². The minimum Gasteiger partial charge on any atom is -0.496 e. The molecule has 34 heavy (non-hydrogen) atoms. The average molecular weight is 454 g/mol. The van der Waals surface area contributed by atoms with Crippen LogP contribution in [-0.4, -0.2) is 55.0 Å². The van der Waals surface area contributed by atoms with E-state index in [9.17, 15) is 4.79 Å². The van der Waals surface area contributed by atoms with Gasteiger partial charge in [-0.3, -0.25) is 9.69 Å². The van der Waals surface area contributed by atoms with E-state index in [2.05, 4.69) is 71.3 Å². The number of nitrogens with zero attached hydrogens (tertiary/aromatic N) is 3. The summed E-state index contributed by atoms with van der Waals surface area (Å²) in [7, 11) is 1.71. The molecule has 3 aromatic carbocycles. The monoisotopic (exact) mass is 453 g/mol. The van der Waals surface area contributed by atoms with Gasteiger partial charge in [0.15, 0.2) is 0 Å². The number of amides is 1. The highest BCUT2D eigenvalue weighted by molar-refractivity contribution is 5.95. The van der Waals surface area contributed by atoms with E-state index in [-0.39, 0.29) is 11.9 Å². The lowest BCUT2D eigenvalue weighted by Crippen LogP contribution is -2.53. The SMILES string of the molecule is COc1ccccc1CN1CCN(C(=O)c2ccc(N3CC=Cc4ccccc43)cc2)C(C)C1. The lowest BCUT2D eigenvalue weighted by molar-refractivity contribution is 0.0474. The van der Waals surface area contributed by atoms with Crippen LogP contribution >= 0.6 is 0 Å². The van der Waals surface area contributed by atoms with Gasteiger partial charge in [0.25, 0.3) is 5.91 Å². The van der Waals surface area contributed by atoms with Crippen molar-refractivity contribution >= 4 is 23.4 Å². The highest BCUT2D eigenvalue weighted by Crippen LogP contribution is 2.32. The number of fused-ring (bicyclic) bond motifs is 1. The number of piperazine rings is 1. The Morgan fingerprint density at radius 2 is 1.74 bits per heavy atom. The predicted molar refractivity (Wildman–Crippen MR) is 138 cm³/mol. The summed E-state index contributed by atoms with van der Waals surface area (Å²) in [6.07, 6.45) is 4.34. The zero-order valence-electron chi connectivity index (χ0n) is 19.9. The van der Waals surface area contributed by atoms with Crippen LogP contribution in [0.5, 0.6) is 5.75 Å². The summed E-state index contributed by atoms with van der Waals surface area (Å²) >= 11 is 0. The molecule has 2 aliphatic rings. The number of hydrogen-bond donors (Lipinski definition) is 0. The smallest absolute Gasteiger partial charge is 0.254 e. The van der Waals surface area contributed by atoms with Crippen molar-refractivity contribution in [2.24, 2.45) is 0 Å². The third kappa shape index (κ3) is 4.44. The molecule has 5 rings (SSSR count). The number of carbonyl (C=O) groups is 1. The van der Waals surface area contributed by atoms with Gasteiger partial charge in [0.2, 0.25) is 0 Å². The number of hydrogen-bond acceptors (Lipinski definition) is 4. The fraction of sp³-hybridized carbons (Fsp3) is 0.276. The van der Waals surface area contributed by atoms with Gasteiger partial charge in [-0.1, -0.05) is 48.6 Å². The van der Waals surface area contributed by atoms with E-state index in [1.54, 1.807) is 7.11 Å². The van der Waals surface area contributed by atoms with Crippen LogP contribution < -0.4 is 9.64 Å². The van der Waals surface area contributed by atoms with Crippen LogP contribution in [0.2, 0.25) is 0 Å². The van der Waals surface area contributed by atoms with E-state index in [0.717, 1.165) is 49.7 Å². The molecule has 0 radical (unpaired) electrons. The Morgan fingerprint density at radius 1 is 0.971 bits per heavy atom. The van der Waals surface area contributed by atoms with E-state index >= 15 is 0 Å². The van der Waals surface area contributed by atoms with Crippen molar-refractivity contribution in [2.75, 3.05) is 38.2 Å². The van der Waals surface area contributed by atoms with Crippen LogP contribution in [0.4, 0.5) is 11.4 Å². The number of methoxy groups -OCH3 is 1. The highest BCUT2D eigenvalue weighted by Gasteiger charge is 2.28. The molecule has 5 nitrogen and oxygen atoms in total. The molecule has 1 fully saturated rings. The molecule has 0 bridgehead atoms. The second kappa shape index (κ2) is 9.74. The van der Waals surface area contributed by atoms with Crippen molar-refractivity contribution in [1.29, 1.82) is 0 Å². The standard InChI is InChI=1S/C29H31N3O2/c1-22-20-30(21-25-9-4-6-12-28(25)34-2)18-19-31(22)29(33)24-13-15-26(16-14-24)32-17-7-10-23-8-3-5-11-27(23)32/h3-16,22H,17-21H2,1-2H3. The Hall–Kier alpha value is -3.57. The minimum absolute atomic E-state index is 0.106. The Labute approximate surface area is 201 Å². The number of ether oxygens (including phenoxy) is 1. The molecule has 0 aliphatic carbocycles. The van der Waals surface area contributed by atoms with Crippen molar-refractivity contribution < 1.29 is 9.53 Å². The molecule has 1 amide bonds. The maximum atomic E-state index is 13.3. The molecule has 2 heterocycles. The van der Waals surface area contributed by atoms with Gasteiger partial charge in [0.1, 0.15) is 5.75 Å². The second-order valence-corrected chi connectivity index (χ2v) is 9.01. The Kier molecular flexibility index (Phi) is 6.37. The van der Waals surface area contributed by atoms with Crippen molar-refractivity contribution in [3.63, 3.8) is 0 Å². The first-order valence-electron chi connectivity index (χ1n) is 11.9. The number of anilines is 2. The van der Waals surface area contributed by atoms with E-state index in [1.165, 1.54) is 16.8 Å². The average Bonchev–Trinajstić information content (AvgIpc) is 2.88. The molecule has 2 aliphatic heterocycles. The summed E-state index contributed by atoms with van der Waals surface area (Å²) in [4.78, 5) is 20.0. The first-order valence-corrected chi connectivity index (χ1v) is 11.9. The molecular weight excluding hydrogens is 422 g/mol. The van der Waals surface area contributed by atoms with E-state index in [0.29, 0.717) is 0 Å². The third-order valence-electron chi connectivity index (χ3n) is 6.80. The van der Waals surface area contributed by atoms with Crippen molar-refractivity contribution in [3.05, 3.63) is 95.6 Å². The second-order valence-electron chi connectivity index (χ2n) is 9.01. The molecule has 174 valence electrons. The Balaban J connectivity index is 1.24. The third-order valence-corrected chi connectivity index (χ3v) is 6.80. The lowest BCUT2D eigenvalue weighted by Gasteiger charge is -2.40. The van der Waals surface area contributed by atoms with Crippen LogP contribution in [0.25, 0.3) is 6.08 Å². The van der Waals surface area contributed by atoms with Gasteiger partial charge in [-0.15, -0.1) is 0 Å². The van der Waals surface area contributed by atoms with Gasteiger partial charge in [-0.2, -0.15) is 0 Å². The largest absolute Gasteiger partial charge is 0.496 e. The number of rotatable bonds is 5. The Morgan fingerprint density at radius 3 is 2.53 bits per heavy atom. The summed E-state index contributed by atoms with van der Waals surface area (Å²) in [5.41, 5.74) is 5.44. The van der Waals surface area contributed by atoms with Gasteiger partial charge in [0, 0.05) is 61.3 Å². The maximum Gasteiger partial charge on any atom is 0.254 e. The van der Waals surface area contributed by atoms with Gasteiger partial charge in [-0.05, 0) is 48.9 Å². The molecule has 1 unspecified atom stereocenters. The fourth-order valence-corrected chi connectivity index (χ4v) is 5.00. The zero-order chi connectivity index (χ0) is 23.5. The quantitative estimate of drug-likeness (QED) is 0.532. The first kappa shape index (κ1) is 22.2. The zero-order valence-corrected chi connectivity index (χ0v) is 19.9.